The van der Waals surface area contributed by atoms with Crippen molar-refractivity contribution in [2.45, 2.75) is 5.03 Å². The zero-order valence-electron chi connectivity index (χ0n) is 7.55. The van der Waals surface area contributed by atoms with E-state index < -0.39 is 5.97 Å². The van der Waals surface area contributed by atoms with Gasteiger partial charge in [0.1, 0.15) is 11.6 Å². The molecule has 14 heavy (non-hydrogen) atoms. The van der Waals surface area contributed by atoms with Crippen molar-refractivity contribution in [3.8, 4) is 0 Å². The summed E-state index contributed by atoms with van der Waals surface area (Å²) in [6.07, 6.45) is 6.05. The first-order valence-electron chi connectivity index (χ1n) is 4.01. The number of esters is 1. The number of carbonyl (C=O) groups is 1. The standard InChI is InChI=1S/C9H10N2O2S/c1-2-9(12)13-5-6-14-8-7-10-3-4-11-8/h2-4,7H,1,5-6H2. The number of carbonyl (C=O) groups excluding carboxylic acids is 1. The van der Waals surface area contributed by atoms with E-state index in [0.717, 1.165) is 11.1 Å². The minimum atomic E-state index is -0.398. The van der Waals surface area contributed by atoms with Gasteiger partial charge in [0.2, 0.25) is 0 Å². The van der Waals surface area contributed by atoms with Crippen molar-refractivity contribution >= 4 is 17.7 Å². The quantitative estimate of drug-likeness (QED) is 0.317. The molecule has 0 aliphatic rings. The maximum absolute atomic E-state index is 10.6. The van der Waals surface area contributed by atoms with Crippen molar-refractivity contribution < 1.29 is 9.53 Å². The predicted octanol–water partition coefficient (Wildman–Crippen LogP) is 1.30. The van der Waals surface area contributed by atoms with Gasteiger partial charge < -0.3 is 4.74 Å². The number of hydrogen-bond acceptors (Lipinski definition) is 5. The Morgan fingerprint density at radius 2 is 2.50 bits per heavy atom. The van der Waals surface area contributed by atoms with Crippen LogP contribution in [0.1, 0.15) is 0 Å². The van der Waals surface area contributed by atoms with Crippen LogP contribution in [0.25, 0.3) is 0 Å². The van der Waals surface area contributed by atoms with E-state index in [1.807, 2.05) is 0 Å². The normalized spacial score (nSPS) is 9.43. The second-order valence-electron chi connectivity index (χ2n) is 2.26. The van der Waals surface area contributed by atoms with Crippen LogP contribution in [0.3, 0.4) is 0 Å². The minimum absolute atomic E-state index is 0.353. The zero-order chi connectivity index (χ0) is 10.2. The SMILES string of the molecule is C=CC(=O)OCCSc1cnccn1. The Morgan fingerprint density at radius 3 is 3.14 bits per heavy atom. The average molecular weight is 210 g/mol. The Kier molecular flexibility index (Phi) is 4.71. The number of nitrogens with zero attached hydrogens (tertiary/aromatic N) is 2. The highest BCUT2D eigenvalue weighted by molar-refractivity contribution is 7.99. The van der Waals surface area contributed by atoms with Gasteiger partial charge in [0.15, 0.2) is 0 Å². The molecule has 1 rings (SSSR count). The molecule has 0 radical (unpaired) electrons. The first-order valence-corrected chi connectivity index (χ1v) is 4.99. The van der Waals surface area contributed by atoms with Crippen LogP contribution in [0, 0.1) is 0 Å². The maximum atomic E-state index is 10.6. The highest BCUT2D eigenvalue weighted by atomic mass is 32.2. The monoisotopic (exact) mass is 210 g/mol. The predicted molar refractivity (Wildman–Crippen MR) is 53.9 cm³/mol. The number of hydrogen-bond donors (Lipinski definition) is 0. The van der Waals surface area contributed by atoms with Gasteiger partial charge in [0.25, 0.3) is 0 Å². The molecule has 0 amide bonds. The van der Waals surface area contributed by atoms with Crippen LogP contribution in [0.5, 0.6) is 0 Å². The molecule has 1 aromatic heterocycles. The van der Waals surface area contributed by atoms with Gasteiger partial charge in [-0.15, -0.1) is 11.8 Å². The van der Waals surface area contributed by atoms with Gasteiger partial charge in [0, 0.05) is 24.2 Å². The third kappa shape index (κ3) is 4.04. The molecule has 1 aromatic rings. The third-order valence-corrected chi connectivity index (χ3v) is 2.16. The fourth-order valence-electron chi connectivity index (χ4n) is 0.707. The summed E-state index contributed by atoms with van der Waals surface area (Å²) in [5.41, 5.74) is 0. The molecule has 74 valence electrons. The molecule has 0 saturated heterocycles. The van der Waals surface area contributed by atoms with Crippen LogP contribution in [0.15, 0.2) is 36.3 Å². The van der Waals surface area contributed by atoms with E-state index in [2.05, 4.69) is 16.5 Å². The molecule has 1 heterocycles. The topological polar surface area (TPSA) is 52.1 Å². The molecule has 0 atom stereocenters. The summed E-state index contributed by atoms with van der Waals surface area (Å²) in [5, 5.41) is 0.821. The molecule has 0 aliphatic carbocycles. The van der Waals surface area contributed by atoms with Crippen LogP contribution in [0.4, 0.5) is 0 Å². The Balaban J connectivity index is 2.16. The first kappa shape index (κ1) is 10.7. The van der Waals surface area contributed by atoms with Crippen LogP contribution < -0.4 is 0 Å². The van der Waals surface area contributed by atoms with E-state index in [-0.39, 0.29) is 0 Å². The molecule has 0 saturated carbocycles. The summed E-state index contributed by atoms with van der Waals surface area (Å²) in [6, 6.07) is 0. The summed E-state index contributed by atoms with van der Waals surface area (Å²) in [7, 11) is 0. The molecule has 0 bridgehead atoms. The highest BCUT2D eigenvalue weighted by Gasteiger charge is 1.97. The molecule has 0 spiro atoms. The maximum Gasteiger partial charge on any atom is 0.330 e. The molecular weight excluding hydrogens is 200 g/mol. The molecule has 5 heteroatoms. The van der Waals surface area contributed by atoms with Crippen molar-refractivity contribution in [2.75, 3.05) is 12.4 Å². The molecular formula is C9H10N2O2S. The van der Waals surface area contributed by atoms with Crippen molar-refractivity contribution in [1.82, 2.24) is 9.97 Å². The van der Waals surface area contributed by atoms with Crippen molar-refractivity contribution in [3.05, 3.63) is 31.2 Å². The second-order valence-corrected chi connectivity index (χ2v) is 3.38. The second kappa shape index (κ2) is 6.15. The van der Waals surface area contributed by atoms with Crippen molar-refractivity contribution in [3.63, 3.8) is 0 Å². The van der Waals surface area contributed by atoms with E-state index in [1.54, 1.807) is 18.6 Å². The molecule has 4 nitrogen and oxygen atoms in total. The first-order chi connectivity index (χ1) is 6.83. The van der Waals surface area contributed by atoms with Gasteiger partial charge in [-0.2, -0.15) is 0 Å². The summed E-state index contributed by atoms with van der Waals surface area (Å²) < 4.78 is 4.79. The summed E-state index contributed by atoms with van der Waals surface area (Å²) >= 11 is 1.49. The van der Waals surface area contributed by atoms with E-state index in [0.29, 0.717) is 12.4 Å². The van der Waals surface area contributed by atoms with E-state index >= 15 is 0 Å². The van der Waals surface area contributed by atoms with Gasteiger partial charge in [-0.3, -0.25) is 4.98 Å². The van der Waals surface area contributed by atoms with Crippen molar-refractivity contribution in [2.24, 2.45) is 0 Å². The minimum Gasteiger partial charge on any atom is -0.462 e. The fraction of sp³-hybridized carbons (Fsp3) is 0.222. The number of rotatable bonds is 5. The van der Waals surface area contributed by atoms with Crippen LogP contribution in [-0.4, -0.2) is 28.3 Å². The zero-order valence-corrected chi connectivity index (χ0v) is 8.37. The molecule has 0 fully saturated rings. The smallest absolute Gasteiger partial charge is 0.330 e. The van der Waals surface area contributed by atoms with E-state index in [4.69, 9.17) is 4.74 Å². The Hall–Kier alpha value is -1.36. The van der Waals surface area contributed by atoms with Gasteiger partial charge in [-0.05, 0) is 0 Å². The van der Waals surface area contributed by atoms with Crippen molar-refractivity contribution in [1.29, 1.82) is 0 Å². The van der Waals surface area contributed by atoms with Crippen LogP contribution >= 0.6 is 11.8 Å². The lowest BCUT2D eigenvalue weighted by Gasteiger charge is -2.00. The lowest BCUT2D eigenvalue weighted by Crippen LogP contribution is -2.03. The van der Waals surface area contributed by atoms with Gasteiger partial charge in [-0.1, -0.05) is 6.58 Å². The highest BCUT2D eigenvalue weighted by Crippen LogP contribution is 2.11. The summed E-state index contributed by atoms with van der Waals surface area (Å²) in [5.74, 6) is 0.267. The van der Waals surface area contributed by atoms with Crippen LogP contribution in [0.2, 0.25) is 0 Å². The number of aromatic nitrogens is 2. The fourth-order valence-corrected chi connectivity index (χ4v) is 1.35. The largest absolute Gasteiger partial charge is 0.462 e. The lowest BCUT2D eigenvalue weighted by atomic mass is 10.6. The van der Waals surface area contributed by atoms with Gasteiger partial charge in [0.05, 0.1) is 6.20 Å². The van der Waals surface area contributed by atoms with Crippen LogP contribution in [-0.2, 0) is 9.53 Å². The Morgan fingerprint density at radius 1 is 1.64 bits per heavy atom. The molecule has 0 unspecified atom stereocenters. The average Bonchev–Trinajstić information content (AvgIpc) is 2.25. The third-order valence-electron chi connectivity index (χ3n) is 1.28. The summed E-state index contributed by atoms with van der Waals surface area (Å²) in [6.45, 7) is 3.65. The Labute approximate surface area is 86.4 Å². The van der Waals surface area contributed by atoms with E-state index in [9.17, 15) is 4.79 Å². The number of thioether (sulfide) groups is 1. The molecule has 0 aliphatic heterocycles. The van der Waals surface area contributed by atoms with E-state index in [1.165, 1.54) is 11.8 Å². The molecule has 0 N–H and O–H groups in total. The van der Waals surface area contributed by atoms with Gasteiger partial charge >= 0.3 is 5.97 Å². The summed E-state index contributed by atoms with van der Waals surface area (Å²) in [4.78, 5) is 18.6. The van der Waals surface area contributed by atoms with Gasteiger partial charge in [-0.25, -0.2) is 9.78 Å². The lowest BCUT2D eigenvalue weighted by molar-refractivity contribution is -0.137. The Bertz CT molecular complexity index is 303. The number of ether oxygens (including phenoxy) is 1. The molecule has 0 aromatic carbocycles.